The second-order valence-electron chi connectivity index (χ2n) is 5.29. The second-order valence-corrected chi connectivity index (χ2v) is 7.49. The molecule has 3 aromatic rings. The van der Waals surface area contributed by atoms with Crippen LogP contribution in [0.5, 0.6) is 5.75 Å². The Bertz CT molecular complexity index is 851. The van der Waals surface area contributed by atoms with Gasteiger partial charge in [-0.25, -0.2) is 0 Å². The molecule has 136 valence electrons. The number of rotatable bonds is 8. The number of nitrogens with zero attached hydrogens (tertiary/aromatic N) is 2. The summed E-state index contributed by atoms with van der Waals surface area (Å²) >= 11 is 2.72. The van der Waals surface area contributed by atoms with Crippen LogP contribution in [-0.4, -0.2) is 29.0 Å². The standard InChI is InChI=1S/C17H18N4O3S2/c1-11(13-8-5-9-24-13)18-15(22)10-25-17-21-20-16(26-17)19-12-6-3-4-7-14(12)23-2/h3-9,11H,10H2,1-2H3,(H,18,22)(H,19,20)/t11-/m1/s1. The molecular formula is C17H18N4O3S2. The molecule has 0 unspecified atom stereocenters. The van der Waals surface area contributed by atoms with Crippen LogP contribution in [0.1, 0.15) is 18.7 Å². The Morgan fingerprint density at radius 3 is 2.92 bits per heavy atom. The molecule has 1 aromatic carbocycles. The lowest BCUT2D eigenvalue weighted by molar-refractivity contribution is -0.119. The summed E-state index contributed by atoms with van der Waals surface area (Å²) in [6, 6.07) is 11.0. The molecule has 0 aliphatic rings. The van der Waals surface area contributed by atoms with E-state index in [1.807, 2.05) is 37.3 Å². The lowest BCUT2D eigenvalue weighted by atomic mass is 10.2. The first-order valence-electron chi connectivity index (χ1n) is 7.85. The summed E-state index contributed by atoms with van der Waals surface area (Å²) in [6.45, 7) is 1.88. The SMILES string of the molecule is COc1ccccc1Nc1nnc(SCC(=O)N[C@H](C)c2ccco2)s1. The maximum absolute atomic E-state index is 12.1. The lowest BCUT2D eigenvalue weighted by Crippen LogP contribution is -2.27. The van der Waals surface area contributed by atoms with Gasteiger partial charge in [-0.2, -0.15) is 0 Å². The summed E-state index contributed by atoms with van der Waals surface area (Å²) in [4.78, 5) is 12.1. The van der Waals surface area contributed by atoms with Crippen LogP contribution in [0.4, 0.5) is 10.8 Å². The Morgan fingerprint density at radius 1 is 1.31 bits per heavy atom. The average molecular weight is 390 g/mol. The molecule has 1 amide bonds. The summed E-state index contributed by atoms with van der Waals surface area (Å²) in [5.41, 5.74) is 0.813. The van der Waals surface area contributed by atoms with Crippen molar-refractivity contribution >= 4 is 39.8 Å². The van der Waals surface area contributed by atoms with E-state index in [1.54, 1.807) is 19.4 Å². The summed E-state index contributed by atoms with van der Waals surface area (Å²) < 4.78 is 11.3. The fourth-order valence-corrected chi connectivity index (χ4v) is 3.78. The van der Waals surface area contributed by atoms with Crippen LogP contribution in [0.15, 0.2) is 51.4 Å². The smallest absolute Gasteiger partial charge is 0.231 e. The van der Waals surface area contributed by atoms with Crippen LogP contribution in [0.25, 0.3) is 0 Å². The Morgan fingerprint density at radius 2 is 2.15 bits per heavy atom. The highest BCUT2D eigenvalue weighted by Gasteiger charge is 2.14. The lowest BCUT2D eigenvalue weighted by Gasteiger charge is -2.10. The Kier molecular flexibility index (Phi) is 6.13. The molecule has 0 aliphatic carbocycles. The van der Waals surface area contributed by atoms with Crippen molar-refractivity contribution in [1.29, 1.82) is 0 Å². The van der Waals surface area contributed by atoms with E-state index in [4.69, 9.17) is 9.15 Å². The van der Waals surface area contributed by atoms with Gasteiger partial charge in [0.1, 0.15) is 11.5 Å². The van der Waals surface area contributed by atoms with Gasteiger partial charge in [0, 0.05) is 0 Å². The van der Waals surface area contributed by atoms with E-state index in [1.165, 1.54) is 23.1 Å². The molecule has 0 fully saturated rings. The number of anilines is 2. The number of methoxy groups -OCH3 is 1. The van der Waals surface area contributed by atoms with E-state index in [-0.39, 0.29) is 17.7 Å². The molecule has 0 saturated carbocycles. The highest BCUT2D eigenvalue weighted by atomic mass is 32.2. The number of furan rings is 1. The Labute approximate surface area is 159 Å². The average Bonchev–Trinajstić information content (AvgIpc) is 3.32. The molecule has 0 spiro atoms. The first-order chi connectivity index (χ1) is 12.7. The zero-order chi connectivity index (χ0) is 18.4. The third-order valence-corrected chi connectivity index (χ3v) is 5.40. The first-order valence-corrected chi connectivity index (χ1v) is 9.65. The van der Waals surface area contributed by atoms with Gasteiger partial charge in [-0.3, -0.25) is 4.79 Å². The van der Waals surface area contributed by atoms with Gasteiger partial charge in [0.25, 0.3) is 0 Å². The van der Waals surface area contributed by atoms with E-state index in [2.05, 4.69) is 20.8 Å². The fourth-order valence-electron chi connectivity index (χ4n) is 2.20. The number of carbonyl (C=O) groups excluding carboxylic acids is 1. The molecule has 7 nitrogen and oxygen atoms in total. The number of carbonyl (C=O) groups is 1. The number of hydrogen-bond donors (Lipinski definition) is 2. The molecule has 2 heterocycles. The minimum Gasteiger partial charge on any atom is -0.495 e. The number of nitrogens with one attached hydrogen (secondary N) is 2. The zero-order valence-electron chi connectivity index (χ0n) is 14.3. The van der Waals surface area contributed by atoms with Crippen LogP contribution in [0.2, 0.25) is 0 Å². The molecule has 0 bridgehead atoms. The monoisotopic (exact) mass is 390 g/mol. The van der Waals surface area contributed by atoms with Crippen molar-refractivity contribution in [3.63, 3.8) is 0 Å². The number of ether oxygens (including phenoxy) is 1. The van der Waals surface area contributed by atoms with Gasteiger partial charge in [-0.1, -0.05) is 35.2 Å². The van der Waals surface area contributed by atoms with Crippen molar-refractivity contribution in [3.8, 4) is 5.75 Å². The second kappa shape index (κ2) is 8.72. The molecule has 1 atom stereocenters. The molecule has 2 N–H and O–H groups in total. The molecule has 3 rings (SSSR count). The van der Waals surface area contributed by atoms with Gasteiger partial charge < -0.3 is 19.8 Å². The number of thioether (sulfide) groups is 1. The van der Waals surface area contributed by atoms with Crippen LogP contribution < -0.4 is 15.4 Å². The number of hydrogen-bond acceptors (Lipinski definition) is 8. The van der Waals surface area contributed by atoms with Gasteiger partial charge in [0.15, 0.2) is 4.34 Å². The third kappa shape index (κ3) is 4.77. The van der Waals surface area contributed by atoms with Crippen LogP contribution in [0.3, 0.4) is 0 Å². The largest absolute Gasteiger partial charge is 0.495 e. The highest BCUT2D eigenvalue weighted by Crippen LogP contribution is 2.31. The summed E-state index contributed by atoms with van der Waals surface area (Å²) in [7, 11) is 1.62. The number of para-hydroxylation sites is 2. The van der Waals surface area contributed by atoms with E-state index >= 15 is 0 Å². The fraction of sp³-hybridized carbons (Fsp3) is 0.235. The van der Waals surface area contributed by atoms with Gasteiger partial charge in [-0.15, -0.1) is 10.2 Å². The Balaban J connectivity index is 1.51. The van der Waals surface area contributed by atoms with Crippen LogP contribution in [0, 0.1) is 0 Å². The topological polar surface area (TPSA) is 89.3 Å². The normalized spacial score (nSPS) is 11.8. The molecule has 9 heteroatoms. The van der Waals surface area contributed by atoms with Crippen LogP contribution in [-0.2, 0) is 4.79 Å². The Hall–Kier alpha value is -2.52. The predicted molar refractivity (Wildman–Crippen MR) is 102 cm³/mol. The summed E-state index contributed by atoms with van der Waals surface area (Å²) in [6.07, 6.45) is 1.59. The van der Waals surface area contributed by atoms with Crippen molar-refractivity contribution in [2.75, 3.05) is 18.2 Å². The van der Waals surface area contributed by atoms with Gasteiger partial charge in [0.2, 0.25) is 11.0 Å². The maximum Gasteiger partial charge on any atom is 0.231 e. The minimum atomic E-state index is -0.171. The first kappa shape index (κ1) is 18.3. The zero-order valence-corrected chi connectivity index (χ0v) is 15.9. The number of amides is 1. The minimum absolute atomic E-state index is 0.0895. The molecular weight excluding hydrogens is 372 g/mol. The number of aromatic nitrogens is 2. The highest BCUT2D eigenvalue weighted by molar-refractivity contribution is 8.01. The molecule has 2 aromatic heterocycles. The van der Waals surface area contributed by atoms with E-state index in [9.17, 15) is 4.79 Å². The predicted octanol–water partition coefficient (Wildman–Crippen LogP) is 3.85. The molecule has 26 heavy (non-hydrogen) atoms. The van der Waals surface area contributed by atoms with Crippen molar-refractivity contribution in [2.45, 2.75) is 17.3 Å². The van der Waals surface area contributed by atoms with E-state index in [0.717, 1.165) is 17.2 Å². The van der Waals surface area contributed by atoms with Crippen LogP contribution >= 0.6 is 23.1 Å². The quantitative estimate of drug-likeness (QED) is 0.565. The van der Waals surface area contributed by atoms with Crippen molar-refractivity contribution < 1.29 is 13.9 Å². The van der Waals surface area contributed by atoms with E-state index in [0.29, 0.717) is 9.47 Å². The molecule has 0 aliphatic heterocycles. The van der Waals surface area contributed by atoms with Crippen molar-refractivity contribution in [2.24, 2.45) is 0 Å². The van der Waals surface area contributed by atoms with Gasteiger partial charge >= 0.3 is 0 Å². The maximum atomic E-state index is 12.1. The molecule has 0 radical (unpaired) electrons. The van der Waals surface area contributed by atoms with Crippen molar-refractivity contribution in [1.82, 2.24) is 15.5 Å². The summed E-state index contributed by atoms with van der Waals surface area (Å²) in [5, 5.41) is 14.9. The van der Waals surface area contributed by atoms with Gasteiger partial charge in [-0.05, 0) is 31.2 Å². The number of benzene rings is 1. The molecule has 0 saturated heterocycles. The third-order valence-electron chi connectivity index (χ3n) is 3.43. The summed E-state index contributed by atoms with van der Waals surface area (Å²) in [5.74, 6) is 1.62. The van der Waals surface area contributed by atoms with Gasteiger partial charge in [0.05, 0.1) is 30.9 Å². The van der Waals surface area contributed by atoms with Crippen molar-refractivity contribution in [3.05, 3.63) is 48.4 Å². The van der Waals surface area contributed by atoms with E-state index < -0.39 is 0 Å².